The molecule has 0 radical (unpaired) electrons. The Morgan fingerprint density at radius 1 is 1.35 bits per heavy atom. The lowest BCUT2D eigenvalue weighted by Crippen LogP contribution is -2.18. The van der Waals surface area contributed by atoms with Gasteiger partial charge in [-0.3, -0.25) is 0 Å². The number of methoxy groups -OCH3 is 1. The summed E-state index contributed by atoms with van der Waals surface area (Å²) in [4.78, 5) is 20.9. The predicted molar refractivity (Wildman–Crippen MR) is 62.6 cm³/mol. The Morgan fingerprint density at radius 2 is 2.00 bits per heavy atom. The van der Waals surface area contributed by atoms with E-state index in [4.69, 9.17) is 9.84 Å². The number of nitrogens with zero attached hydrogens (tertiary/aromatic N) is 1. The number of ether oxygens (including phenoxy) is 1. The van der Waals surface area contributed by atoms with Crippen molar-refractivity contribution in [3.05, 3.63) is 40.8 Å². The minimum atomic E-state index is -1.20. The molecule has 17 heavy (non-hydrogen) atoms. The Hall–Kier alpha value is -1.75. The number of carboxylic acids is 1. The van der Waals surface area contributed by atoms with Gasteiger partial charge in [0.15, 0.2) is 6.04 Å². The normalized spacial score (nSPS) is 13.9. The van der Waals surface area contributed by atoms with Gasteiger partial charge in [-0.15, -0.1) is 4.91 Å². The molecule has 0 saturated heterocycles. The average molecular weight is 237 g/mol. The number of hydrogen-bond acceptors (Lipinski definition) is 4. The first kappa shape index (κ1) is 13.3. The maximum Gasteiger partial charge on any atom is 0.332 e. The fourth-order valence-electron chi connectivity index (χ4n) is 1.62. The monoisotopic (exact) mass is 237 g/mol. The second-order valence-corrected chi connectivity index (χ2v) is 3.67. The number of carboxylic acid groups (broad SMARTS) is 1. The Labute approximate surface area is 99.4 Å². The van der Waals surface area contributed by atoms with Gasteiger partial charge in [0.05, 0.1) is 6.10 Å². The van der Waals surface area contributed by atoms with Crippen LogP contribution in [0.15, 0.2) is 35.5 Å². The van der Waals surface area contributed by atoms with Crippen LogP contribution < -0.4 is 0 Å². The molecule has 0 fully saturated rings. The minimum absolute atomic E-state index is 0.173. The zero-order valence-electron chi connectivity index (χ0n) is 9.57. The van der Waals surface area contributed by atoms with Gasteiger partial charge in [0.2, 0.25) is 0 Å². The molecule has 1 rings (SSSR count). The van der Waals surface area contributed by atoms with Crippen LogP contribution >= 0.6 is 0 Å². The third-order valence-corrected chi connectivity index (χ3v) is 2.57. The highest BCUT2D eigenvalue weighted by Crippen LogP contribution is 2.23. The molecule has 0 aromatic heterocycles. The second-order valence-electron chi connectivity index (χ2n) is 3.67. The van der Waals surface area contributed by atoms with Crippen LogP contribution in [0.1, 0.15) is 24.5 Å². The molecule has 0 aliphatic carbocycles. The summed E-state index contributed by atoms with van der Waals surface area (Å²) in [6.45, 7) is 0. The molecular formula is C12H15NO4. The number of rotatable bonds is 7. The van der Waals surface area contributed by atoms with Gasteiger partial charge in [-0.1, -0.05) is 35.5 Å². The summed E-state index contributed by atoms with van der Waals surface area (Å²) in [6, 6.07) is 8.26. The molecule has 0 heterocycles. The number of nitroso groups, excluding NO2 is 1. The van der Waals surface area contributed by atoms with E-state index >= 15 is 0 Å². The lowest BCUT2D eigenvalue weighted by Gasteiger charge is -2.16. The van der Waals surface area contributed by atoms with Crippen molar-refractivity contribution in [3.63, 3.8) is 0 Å². The summed E-state index contributed by atoms with van der Waals surface area (Å²) in [7, 11) is 1.56. The molecule has 5 heteroatoms. The molecule has 0 bridgehead atoms. The summed E-state index contributed by atoms with van der Waals surface area (Å²) >= 11 is 0. The third-order valence-electron chi connectivity index (χ3n) is 2.57. The molecule has 0 aliphatic heterocycles. The molecule has 1 aromatic rings. The third kappa shape index (κ3) is 3.96. The maximum absolute atomic E-state index is 10.6. The fourth-order valence-corrected chi connectivity index (χ4v) is 1.62. The number of aliphatic carboxylic acids is 1. The van der Waals surface area contributed by atoms with Crippen molar-refractivity contribution < 1.29 is 14.6 Å². The van der Waals surface area contributed by atoms with Crippen molar-refractivity contribution in [2.45, 2.75) is 25.0 Å². The van der Waals surface area contributed by atoms with E-state index in [9.17, 15) is 9.70 Å². The summed E-state index contributed by atoms with van der Waals surface area (Å²) in [5.41, 5.74) is 0.963. The van der Waals surface area contributed by atoms with Crippen LogP contribution in [-0.4, -0.2) is 24.2 Å². The number of benzene rings is 1. The Morgan fingerprint density at radius 3 is 2.47 bits per heavy atom. The fraction of sp³-hybridized carbons (Fsp3) is 0.417. The van der Waals surface area contributed by atoms with Gasteiger partial charge in [0.25, 0.3) is 0 Å². The SMILES string of the molecule is COC(CCC(N=O)C(=O)O)c1ccccc1. The van der Waals surface area contributed by atoms with Gasteiger partial charge in [-0.25, -0.2) is 4.79 Å². The number of hydrogen-bond donors (Lipinski definition) is 1. The summed E-state index contributed by atoms with van der Waals surface area (Å²) in [5.74, 6) is -1.19. The zero-order valence-corrected chi connectivity index (χ0v) is 9.57. The largest absolute Gasteiger partial charge is 0.480 e. The molecule has 0 saturated carbocycles. The first-order valence-electron chi connectivity index (χ1n) is 5.32. The molecular weight excluding hydrogens is 222 g/mol. The van der Waals surface area contributed by atoms with E-state index in [0.717, 1.165) is 5.56 Å². The highest BCUT2D eigenvalue weighted by atomic mass is 16.5. The van der Waals surface area contributed by atoms with E-state index < -0.39 is 12.0 Å². The second kappa shape index (κ2) is 6.75. The molecule has 0 spiro atoms. The van der Waals surface area contributed by atoms with Crippen molar-refractivity contribution in [1.29, 1.82) is 0 Å². The van der Waals surface area contributed by atoms with E-state index in [2.05, 4.69) is 5.18 Å². The highest BCUT2D eigenvalue weighted by Gasteiger charge is 2.20. The van der Waals surface area contributed by atoms with Gasteiger partial charge in [0.1, 0.15) is 0 Å². The van der Waals surface area contributed by atoms with E-state index in [0.29, 0.717) is 6.42 Å². The van der Waals surface area contributed by atoms with Crippen molar-refractivity contribution in [2.24, 2.45) is 5.18 Å². The summed E-state index contributed by atoms with van der Waals surface area (Å²) in [5, 5.41) is 11.3. The Kier molecular flexibility index (Phi) is 5.29. The van der Waals surface area contributed by atoms with Gasteiger partial charge in [0, 0.05) is 7.11 Å². The molecule has 0 amide bonds. The van der Waals surface area contributed by atoms with Crippen molar-refractivity contribution in [3.8, 4) is 0 Å². The van der Waals surface area contributed by atoms with Crippen LogP contribution in [0.25, 0.3) is 0 Å². The zero-order chi connectivity index (χ0) is 12.7. The van der Waals surface area contributed by atoms with Crippen molar-refractivity contribution >= 4 is 5.97 Å². The average Bonchev–Trinajstić information content (AvgIpc) is 2.35. The van der Waals surface area contributed by atoms with Crippen LogP contribution in [0.5, 0.6) is 0 Å². The lowest BCUT2D eigenvalue weighted by atomic mass is 10.0. The first-order valence-corrected chi connectivity index (χ1v) is 5.32. The summed E-state index contributed by atoms with van der Waals surface area (Å²) in [6.07, 6.45) is 0.412. The predicted octanol–water partition coefficient (Wildman–Crippen LogP) is 2.37. The molecule has 1 N–H and O–H groups in total. The molecule has 5 nitrogen and oxygen atoms in total. The first-order chi connectivity index (χ1) is 8.19. The molecule has 1 aromatic carbocycles. The smallest absolute Gasteiger partial charge is 0.332 e. The van der Waals surface area contributed by atoms with Crippen LogP contribution in [0.3, 0.4) is 0 Å². The van der Waals surface area contributed by atoms with Gasteiger partial charge < -0.3 is 9.84 Å². The van der Waals surface area contributed by atoms with Crippen molar-refractivity contribution in [1.82, 2.24) is 0 Å². The Balaban J connectivity index is 2.59. The molecule has 92 valence electrons. The van der Waals surface area contributed by atoms with Crippen LogP contribution in [0, 0.1) is 4.91 Å². The van der Waals surface area contributed by atoms with E-state index in [1.165, 1.54) is 0 Å². The van der Waals surface area contributed by atoms with E-state index in [-0.39, 0.29) is 12.5 Å². The Bertz CT molecular complexity index is 366. The lowest BCUT2D eigenvalue weighted by molar-refractivity contribution is -0.138. The van der Waals surface area contributed by atoms with Gasteiger partial charge >= 0.3 is 5.97 Å². The molecule has 2 unspecified atom stereocenters. The topological polar surface area (TPSA) is 76.0 Å². The standard InChI is InChI=1S/C12H15NO4/c1-17-11(9-5-3-2-4-6-9)8-7-10(13-16)12(14)15/h2-6,10-11H,7-8H2,1H3,(H,14,15). The maximum atomic E-state index is 10.6. The van der Waals surface area contributed by atoms with Crippen molar-refractivity contribution in [2.75, 3.05) is 7.11 Å². The summed E-state index contributed by atoms with van der Waals surface area (Å²) < 4.78 is 5.27. The quantitative estimate of drug-likeness (QED) is 0.738. The molecule has 0 aliphatic rings. The van der Waals surface area contributed by atoms with Crippen LogP contribution in [-0.2, 0) is 9.53 Å². The van der Waals surface area contributed by atoms with Crippen LogP contribution in [0.2, 0.25) is 0 Å². The molecule has 2 atom stereocenters. The van der Waals surface area contributed by atoms with E-state index in [1.54, 1.807) is 7.11 Å². The van der Waals surface area contributed by atoms with E-state index in [1.807, 2.05) is 30.3 Å². The van der Waals surface area contributed by atoms with Gasteiger partial charge in [-0.05, 0) is 18.4 Å². The van der Waals surface area contributed by atoms with Gasteiger partial charge in [-0.2, -0.15) is 0 Å². The number of carbonyl (C=O) groups is 1. The highest BCUT2D eigenvalue weighted by molar-refractivity contribution is 5.73. The minimum Gasteiger partial charge on any atom is -0.480 e. The van der Waals surface area contributed by atoms with Crippen LogP contribution in [0.4, 0.5) is 0 Å².